The van der Waals surface area contributed by atoms with Gasteiger partial charge in [0, 0.05) is 37.1 Å². The van der Waals surface area contributed by atoms with E-state index in [1.54, 1.807) is 12.3 Å². The lowest BCUT2D eigenvalue weighted by Gasteiger charge is -2.33. The number of fused-ring (bicyclic) bond motifs is 1. The smallest absolute Gasteiger partial charge is 0.389 e. The number of carbonyl (C=O) groups excluding carboxylic acids is 2. The van der Waals surface area contributed by atoms with Gasteiger partial charge in [-0.1, -0.05) is 0 Å². The fraction of sp³-hybridized carbons (Fsp3) is 0.567. The van der Waals surface area contributed by atoms with E-state index in [1.807, 2.05) is 13.8 Å². The van der Waals surface area contributed by atoms with Crippen molar-refractivity contribution in [3.63, 3.8) is 0 Å². The van der Waals surface area contributed by atoms with Crippen molar-refractivity contribution in [1.82, 2.24) is 30.2 Å². The van der Waals surface area contributed by atoms with Crippen molar-refractivity contribution >= 4 is 17.5 Å². The zero-order valence-corrected chi connectivity index (χ0v) is 24.4. The molecule has 14 heteroatoms. The van der Waals surface area contributed by atoms with Crippen molar-refractivity contribution < 1.29 is 36.3 Å². The molecule has 2 N–H and O–H groups in total. The molecule has 3 aromatic heterocycles. The highest BCUT2D eigenvalue weighted by Gasteiger charge is 2.40. The normalized spacial score (nSPS) is 18.6. The topological polar surface area (TPSA) is 111 Å². The summed E-state index contributed by atoms with van der Waals surface area (Å²) in [5.41, 5.74) is 1.72. The van der Waals surface area contributed by atoms with E-state index in [9.17, 15) is 31.5 Å². The summed E-state index contributed by atoms with van der Waals surface area (Å²) in [5.74, 6) is -3.87. The van der Waals surface area contributed by atoms with Crippen LogP contribution in [0.4, 0.5) is 22.0 Å². The number of halogens is 5. The summed E-state index contributed by atoms with van der Waals surface area (Å²) in [6.45, 7) is 3.67. The number of rotatable bonds is 11. The molecule has 0 radical (unpaired) electrons. The Hall–Kier alpha value is -3.84. The van der Waals surface area contributed by atoms with Crippen molar-refractivity contribution in [1.29, 1.82) is 0 Å². The molecule has 3 aromatic rings. The molecule has 238 valence electrons. The third-order valence-electron chi connectivity index (χ3n) is 7.96. The SMILES string of the molecule is CC(C)Oc1cc(C(=O)N[C@H](c2cn3ncc(C(NC(=O)CCC(F)(F)F)C4CC4)cc3n2)C2CCC(F)(F)CC2)ccn1. The molecule has 2 amide bonds. The summed E-state index contributed by atoms with van der Waals surface area (Å²) in [4.78, 5) is 34.5. The Kier molecular flexibility index (Phi) is 9.07. The lowest BCUT2D eigenvalue weighted by molar-refractivity contribution is -0.144. The van der Waals surface area contributed by atoms with Gasteiger partial charge in [-0.15, -0.1) is 0 Å². The number of aromatic nitrogens is 4. The van der Waals surface area contributed by atoms with Crippen LogP contribution in [0.5, 0.6) is 5.88 Å². The molecule has 0 bridgehead atoms. The summed E-state index contributed by atoms with van der Waals surface area (Å²) in [7, 11) is 0. The molecule has 44 heavy (non-hydrogen) atoms. The van der Waals surface area contributed by atoms with E-state index in [1.165, 1.54) is 29.0 Å². The van der Waals surface area contributed by atoms with Crippen LogP contribution in [0.15, 0.2) is 36.8 Å². The highest BCUT2D eigenvalue weighted by atomic mass is 19.4. The summed E-state index contributed by atoms with van der Waals surface area (Å²) in [5, 5.41) is 10.1. The highest BCUT2D eigenvalue weighted by molar-refractivity contribution is 5.94. The predicted octanol–water partition coefficient (Wildman–Crippen LogP) is 6.12. The molecule has 0 aromatic carbocycles. The number of nitrogens with zero attached hydrogens (tertiary/aromatic N) is 4. The van der Waals surface area contributed by atoms with Gasteiger partial charge in [0.05, 0.1) is 42.7 Å². The van der Waals surface area contributed by atoms with Crippen LogP contribution in [-0.2, 0) is 4.79 Å². The Labute approximate surface area is 251 Å². The molecule has 1 unspecified atom stereocenters. The summed E-state index contributed by atoms with van der Waals surface area (Å²) < 4.78 is 73.1. The first-order valence-electron chi connectivity index (χ1n) is 14.8. The number of hydrogen-bond donors (Lipinski definition) is 2. The van der Waals surface area contributed by atoms with Gasteiger partial charge >= 0.3 is 6.18 Å². The summed E-state index contributed by atoms with van der Waals surface area (Å²) >= 11 is 0. The van der Waals surface area contributed by atoms with Gasteiger partial charge in [-0.3, -0.25) is 9.59 Å². The molecule has 3 heterocycles. The maximum absolute atomic E-state index is 14.1. The molecule has 2 aliphatic rings. The molecule has 2 saturated carbocycles. The zero-order valence-electron chi connectivity index (χ0n) is 24.4. The number of ether oxygens (including phenoxy) is 1. The van der Waals surface area contributed by atoms with E-state index in [0.717, 1.165) is 12.8 Å². The second-order valence-corrected chi connectivity index (χ2v) is 11.9. The summed E-state index contributed by atoms with van der Waals surface area (Å²) in [6, 6.07) is 3.54. The number of carbonyl (C=O) groups is 2. The fourth-order valence-electron chi connectivity index (χ4n) is 5.54. The molecule has 2 fully saturated rings. The highest BCUT2D eigenvalue weighted by Crippen LogP contribution is 2.43. The molecular weight excluding hydrogens is 587 g/mol. The van der Waals surface area contributed by atoms with Crippen LogP contribution >= 0.6 is 0 Å². The Bertz CT molecular complexity index is 1480. The zero-order chi connectivity index (χ0) is 31.6. The molecular formula is C30H35F5N6O3. The van der Waals surface area contributed by atoms with E-state index in [0.29, 0.717) is 22.5 Å². The van der Waals surface area contributed by atoms with Gasteiger partial charge < -0.3 is 15.4 Å². The lowest BCUT2D eigenvalue weighted by atomic mass is 9.81. The first-order valence-corrected chi connectivity index (χ1v) is 14.8. The molecule has 5 rings (SSSR count). The van der Waals surface area contributed by atoms with Crippen LogP contribution in [0.3, 0.4) is 0 Å². The number of imidazole rings is 1. The lowest BCUT2D eigenvalue weighted by Crippen LogP contribution is -2.37. The Balaban J connectivity index is 1.39. The van der Waals surface area contributed by atoms with E-state index in [-0.39, 0.29) is 49.5 Å². The van der Waals surface area contributed by atoms with Gasteiger partial charge in [-0.05, 0) is 69.1 Å². The van der Waals surface area contributed by atoms with Gasteiger partial charge in [0.25, 0.3) is 5.91 Å². The van der Waals surface area contributed by atoms with Crippen LogP contribution < -0.4 is 15.4 Å². The maximum atomic E-state index is 14.1. The average molecular weight is 623 g/mol. The summed E-state index contributed by atoms with van der Waals surface area (Å²) in [6.07, 6.45) is -0.466. The second-order valence-electron chi connectivity index (χ2n) is 11.9. The number of nitrogens with one attached hydrogen (secondary N) is 2. The molecule has 0 saturated heterocycles. The van der Waals surface area contributed by atoms with Crippen LogP contribution in [-0.4, -0.2) is 49.6 Å². The van der Waals surface area contributed by atoms with Crippen molar-refractivity contribution in [3.05, 3.63) is 53.6 Å². The minimum Gasteiger partial charge on any atom is -0.475 e. The average Bonchev–Trinajstić information content (AvgIpc) is 3.71. The molecule has 0 spiro atoms. The van der Waals surface area contributed by atoms with Gasteiger partial charge in [-0.25, -0.2) is 23.3 Å². The molecule has 9 nitrogen and oxygen atoms in total. The number of hydrogen-bond acceptors (Lipinski definition) is 6. The first kappa shape index (κ1) is 31.6. The quantitative estimate of drug-likeness (QED) is 0.250. The standard InChI is InChI=1S/C30H35F5N6O3/c1-17(2)44-25-14-20(8-12-36-25)28(43)40-27(19-5-9-29(31,32)10-6-19)22-16-41-23(38-22)13-21(15-37-41)26(18-3-4-18)39-24(42)7-11-30(33,34)35/h8,12-19,26-27H,3-7,9-11H2,1-2H3,(H,39,42)(H,40,43)/t26?,27-/m0/s1. The fourth-order valence-corrected chi connectivity index (χ4v) is 5.54. The molecule has 2 aliphatic carbocycles. The predicted molar refractivity (Wildman–Crippen MR) is 149 cm³/mol. The van der Waals surface area contributed by atoms with Crippen molar-refractivity contribution in [2.75, 3.05) is 0 Å². The Morgan fingerprint density at radius 1 is 1.07 bits per heavy atom. The third kappa shape index (κ3) is 8.20. The van der Waals surface area contributed by atoms with E-state index in [2.05, 4.69) is 20.7 Å². The van der Waals surface area contributed by atoms with Gasteiger partial charge in [0.15, 0.2) is 5.65 Å². The van der Waals surface area contributed by atoms with E-state index in [4.69, 9.17) is 9.72 Å². The minimum absolute atomic E-state index is 0.0735. The van der Waals surface area contributed by atoms with Crippen LogP contribution in [0, 0.1) is 11.8 Å². The number of amides is 2. The maximum Gasteiger partial charge on any atom is 0.389 e. The second kappa shape index (κ2) is 12.6. The Morgan fingerprint density at radius 3 is 2.43 bits per heavy atom. The third-order valence-corrected chi connectivity index (χ3v) is 7.96. The van der Waals surface area contributed by atoms with Crippen molar-refractivity contribution in [3.8, 4) is 5.88 Å². The van der Waals surface area contributed by atoms with Gasteiger partial charge in [-0.2, -0.15) is 18.3 Å². The Morgan fingerprint density at radius 2 is 1.77 bits per heavy atom. The molecule has 0 aliphatic heterocycles. The van der Waals surface area contributed by atoms with Gasteiger partial charge in [0.1, 0.15) is 0 Å². The minimum atomic E-state index is -4.43. The van der Waals surface area contributed by atoms with Crippen LogP contribution in [0.1, 0.15) is 98.9 Å². The van der Waals surface area contributed by atoms with Crippen molar-refractivity contribution in [2.45, 2.75) is 95.5 Å². The van der Waals surface area contributed by atoms with Crippen LogP contribution in [0.25, 0.3) is 5.65 Å². The van der Waals surface area contributed by atoms with Crippen LogP contribution in [0.2, 0.25) is 0 Å². The van der Waals surface area contributed by atoms with E-state index < -0.39 is 48.8 Å². The first-order chi connectivity index (χ1) is 20.8. The van der Waals surface area contributed by atoms with Gasteiger partial charge in [0.2, 0.25) is 17.7 Å². The van der Waals surface area contributed by atoms with E-state index >= 15 is 0 Å². The largest absolute Gasteiger partial charge is 0.475 e. The number of alkyl halides is 5. The number of pyridine rings is 1. The monoisotopic (exact) mass is 622 g/mol. The van der Waals surface area contributed by atoms with Crippen molar-refractivity contribution in [2.24, 2.45) is 11.8 Å². The molecule has 2 atom stereocenters.